The summed E-state index contributed by atoms with van der Waals surface area (Å²) in [7, 11) is 0. The van der Waals surface area contributed by atoms with E-state index in [4.69, 9.17) is 4.74 Å². The number of hydrogen-bond donors (Lipinski definition) is 1. The van der Waals surface area contributed by atoms with Crippen LogP contribution in [0.5, 0.6) is 5.75 Å². The van der Waals surface area contributed by atoms with E-state index >= 15 is 0 Å². The van der Waals surface area contributed by atoms with Crippen molar-refractivity contribution in [2.45, 2.75) is 33.8 Å². The third-order valence-electron chi connectivity index (χ3n) is 3.55. The van der Waals surface area contributed by atoms with Gasteiger partial charge in [0.25, 0.3) is 0 Å². The fraction of sp³-hybridized carbons (Fsp3) is 0.300. The molecule has 0 fully saturated rings. The number of hydrogen-bond acceptors (Lipinski definition) is 3. The molecule has 0 unspecified atom stereocenters. The molecule has 0 aliphatic rings. The van der Waals surface area contributed by atoms with Crippen LogP contribution in [0.3, 0.4) is 0 Å². The second-order valence-corrected chi connectivity index (χ2v) is 6.15. The van der Waals surface area contributed by atoms with E-state index in [1.54, 1.807) is 12.1 Å². The summed E-state index contributed by atoms with van der Waals surface area (Å²) in [6.45, 7) is 7.21. The number of nitrogens with one attached hydrogen (secondary N) is 1. The van der Waals surface area contributed by atoms with Crippen molar-refractivity contribution in [3.8, 4) is 5.75 Å². The summed E-state index contributed by atoms with van der Waals surface area (Å²) in [6.07, 6.45) is -0.000622. The largest absolute Gasteiger partial charge is 0.489 e. The van der Waals surface area contributed by atoms with E-state index in [2.05, 4.69) is 5.32 Å². The Morgan fingerprint density at radius 1 is 1.08 bits per heavy atom. The van der Waals surface area contributed by atoms with Gasteiger partial charge in [0.2, 0.25) is 11.8 Å². The number of carbonyl (C=O) groups is 2. The van der Waals surface area contributed by atoms with E-state index in [1.165, 1.54) is 11.8 Å². The van der Waals surface area contributed by atoms with Crippen LogP contribution in [0.25, 0.3) is 0 Å². The van der Waals surface area contributed by atoms with Crippen molar-refractivity contribution in [1.82, 2.24) is 0 Å². The second kappa shape index (κ2) is 8.33. The zero-order chi connectivity index (χ0) is 18.4. The smallest absolute Gasteiger partial charge is 0.244 e. The Morgan fingerprint density at radius 3 is 2.32 bits per heavy atom. The Balaban J connectivity index is 2.12. The predicted octanol–water partition coefficient (Wildman–Crippen LogP) is 3.77. The first kappa shape index (κ1) is 18.5. The van der Waals surface area contributed by atoms with Gasteiger partial charge in [-0.3, -0.25) is 9.59 Å². The topological polar surface area (TPSA) is 58.6 Å². The molecule has 5 nitrogen and oxygen atoms in total. The molecule has 0 aliphatic heterocycles. The standard InChI is InChI=1S/C20H24N2O3/c1-14(2)25-19-8-6-5-7-18(19)21-20(24)13-22(16(4)23)17-11-9-15(3)10-12-17/h5-12,14H,13H2,1-4H3,(H,21,24). The lowest BCUT2D eigenvalue weighted by atomic mass is 10.2. The van der Waals surface area contributed by atoms with Gasteiger partial charge in [-0.05, 0) is 45.0 Å². The molecule has 2 aromatic carbocycles. The van der Waals surface area contributed by atoms with E-state index in [9.17, 15) is 9.59 Å². The highest BCUT2D eigenvalue weighted by Gasteiger charge is 2.17. The van der Waals surface area contributed by atoms with Gasteiger partial charge in [0, 0.05) is 12.6 Å². The molecule has 0 radical (unpaired) electrons. The van der Waals surface area contributed by atoms with Crippen molar-refractivity contribution in [3.05, 3.63) is 54.1 Å². The van der Waals surface area contributed by atoms with E-state index in [0.29, 0.717) is 17.1 Å². The number of para-hydroxylation sites is 2. The van der Waals surface area contributed by atoms with E-state index < -0.39 is 0 Å². The van der Waals surface area contributed by atoms with Crippen molar-refractivity contribution >= 4 is 23.2 Å². The van der Waals surface area contributed by atoms with E-state index in [0.717, 1.165) is 5.56 Å². The molecular weight excluding hydrogens is 316 g/mol. The molecule has 0 spiro atoms. The molecule has 0 saturated heterocycles. The summed E-state index contributed by atoms with van der Waals surface area (Å²) in [4.78, 5) is 25.8. The maximum Gasteiger partial charge on any atom is 0.244 e. The number of anilines is 2. The van der Waals surface area contributed by atoms with Gasteiger partial charge < -0.3 is 15.0 Å². The molecule has 2 aromatic rings. The molecule has 2 rings (SSSR count). The summed E-state index contributed by atoms with van der Waals surface area (Å²) in [6, 6.07) is 14.7. The van der Waals surface area contributed by atoms with Gasteiger partial charge in [-0.1, -0.05) is 29.8 Å². The van der Waals surface area contributed by atoms with E-state index in [1.807, 2.05) is 57.2 Å². The van der Waals surface area contributed by atoms with Crippen LogP contribution in [0.2, 0.25) is 0 Å². The average molecular weight is 340 g/mol. The number of benzene rings is 2. The van der Waals surface area contributed by atoms with Crippen LogP contribution in [0.4, 0.5) is 11.4 Å². The van der Waals surface area contributed by atoms with Crippen molar-refractivity contribution < 1.29 is 14.3 Å². The Morgan fingerprint density at radius 2 is 1.72 bits per heavy atom. The minimum Gasteiger partial charge on any atom is -0.489 e. The number of ether oxygens (including phenoxy) is 1. The number of aryl methyl sites for hydroxylation is 1. The molecule has 0 bridgehead atoms. The van der Waals surface area contributed by atoms with Gasteiger partial charge in [-0.15, -0.1) is 0 Å². The molecule has 5 heteroatoms. The highest BCUT2D eigenvalue weighted by molar-refractivity contribution is 6.02. The lowest BCUT2D eigenvalue weighted by Gasteiger charge is -2.21. The van der Waals surface area contributed by atoms with Crippen molar-refractivity contribution in [3.63, 3.8) is 0 Å². The van der Waals surface area contributed by atoms with Crippen LogP contribution in [0, 0.1) is 6.92 Å². The maximum atomic E-state index is 12.4. The fourth-order valence-corrected chi connectivity index (χ4v) is 2.37. The van der Waals surface area contributed by atoms with Crippen LogP contribution < -0.4 is 15.0 Å². The molecule has 0 aromatic heterocycles. The minimum atomic E-state index is -0.282. The molecule has 0 atom stereocenters. The van der Waals surface area contributed by atoms with Crippen LogP contribution in [-0.4, -0.2) is 24.5 Å². The number of amides is 2. The average Bonchev–Trinajstić information content (AvgIpc) is 2.55. The van der Waals surface area contributed by atoms with Crippen LogP contribution in [-0.2, 0) is 9.59 Å². The molecule has 0 saturated carbocycles. The van der Waals surface area contributed by atoms with Crippen LogP contribution in [0.1, 0.15) is 26.3 Å². The molecule has 0 aliphatic carbocycles. The van der Waals surface area contributed by atoms with Crippen molar-refractivity contribution in [2.75, 3.05) is 16.8 Å². The monoisotopic (exact) mass is 340 g/mol. The zero-order valence-electron chi connectivity index (χ0n) is 15.1. The van der Waals surface area contributed by atoms with Gasteiger partial charge in [0.15, 0.2) is 0 Å². The molecule has 2 amide bonds. The molecule has 25 heavy (non-hydrogen) atoms. The molecule has 0 heterocycles. The SMILES string of the molecule is CC(=O)N(CC(=O)Nc1ccccc1OC(C)C)c1ccc(C)cc1. The maximum absolute atomic E-state index is 12.4. The van der Waals surface area contributed by atoms with Crippen molar-refractivity contribution in [2.24, 2.45) is 0 Å². The van der Waals surface area contributed by atoms with Gasteiger partial charge in [0.1, 0.15) is 12.3 Å². The summed E-state index contributed by atoms with van der Waals surface area (Å²) in [5.74, 6) is 0.136. The Kier molecular flexibility index (Phi) is 6.17. The summed E-state index contributed by atoms with van der Waals surface area (Å²) < 4.78 is 5.70. The summed E-state index contributed by atoms with van der Waals surface area (Å²) in [5, 5.41) is 2.82. The third-order valence-corrected chi connectivity index (χ3v) is 3.55. The molecule has 132 valence electrons. The molecule has 1 N–H and O–H groups in total. The normalized spacial score (nSPS) is 10.4. The minimum absolute atomic E-state index is 0.000622. The highest BCUT2D eigenvalue weighted by Crippen LogP contribution is 2.25. The number of nitrogens with zero attached hydrogens (tertiary/aromatic N) is 1. The summed E-state index contributed by atoms with van der Waals surface area (Å²) >= 11 is 0. The highest BCUT2D eigenvalue weighted by atomic mass is 16.5. The van der Waals surface area contributed by atoms with Gasteiger partial charge in [-0.25, -0.2) is 0 Å². The van der Waals surface area contributed by atoms with Gasteiger partial charge in [0.05, 0.1) is 11.8 Å². The summed E-state index contributed by atoms with van der Waals surface area (Å²) in [5.41, 5.74) is 2.38. The van der Waals surface area contributed by atoms with Crippen LogP contribution in [0.15, 0.2) is 48.5 Å². The Bertz CT molecular complexity index is 739. The first-order chi connectivity index (χ1) is 11.9. The predicted molar refractivity (Wildman–Crippen MR) is 100 cm³/mol. The zero-order valence-corrected chi connectivity index (χ0v) is 15.1. The lowest BCUT2D eigenvalue weighted by Crippen LogP contribution is -2.36. The van der Waals surface area contributed by atoms with E-state index in [-0.39, 0.29) is 24.5 Å². The quantitative estimate of drug-likeness (QED) is 0.871. The third kappa shape index (κ3) is 5.35. The number of rotatable bonds is 6. The fourth-order valence-electron chi connectivity index (χ4n) is 2.37. The van der Waals surface area contributed by atoms with Crippen LogP contribution >= 0.6 is 0 Å². The first-order valence-electron chi connectivity index (χ1n) is 8.27. The Hall–Kier alpha value is -2.82. The van der Waals surface area contributed by atoms with Crippen molar-refractivity contribution in [1.29, 1.82) is 0 Å². The first-order valence-corrected chi connectivity index (χ1v) is 8.27. The Labute approximate surface area is 148 Å². The second-order valence-electron chi connectivity index (χ2n) is 6.15. The van der Waals surface area contributed by atoms with Gasteiger partial charge >= 0.3 is 0 Å². The lowest BCUT2D eigenvalue weighted by molar-refractivity contribution is -0.120. The van der Waals surface area contributed by atoms with Gasteiger partial charge in [-0.2, -0.15) is 0 Å². The molecular formula is C20H24N2O3. The number of carbonyl (C=O) groups excluding carboxylic acids is 2.